The van der Waals surface area contributed by atoms with Gasteiger partial charge in [-0.2, -0.15) is 0 Å². The number of nitrogens with zero attached hydrogens (tertiary/aromatic N) is 1. The lowest BCUT2D eigenvalue weighted by atomic mass is 9.98. The summed E-state index contributed by atoms with van der Waals surface area (Å²) in [5.41, 5.74) is 3.85. The zero-order valence-corrected chi connectivity index (χ0v) is 12.9. The number of nitrogens with one attached hydrogen (secondary N) is 1. The lowest BCUT2D eigenvalue weighted by molar-refractivity contribution is 0.548. The molecule has 1 atom stereocenters. The highest BCUT2D eigenvalue weighted by molar-refractivity contribution is 9.10. The Morgan fingerprint density at radius 2 is 2.16 bits per heavy atom. The minimum Gasteiger partial charge on any atom is -0.310 e. The monoisotopic (exact) mass is 318 g/mol. The van der Waals surface area contributed by atoms with Crippen molar-refractivity contribution in [3.05, 3.63) is 63.9 Å². The molecule has 0 radical (unpaired) electrons. The molecule has 0 saturated heterocycles. The van der Waals surface area contributed by atoms with E-state index in [2.05, 4.69) is 64.3 Å². The second kappa shape index (κ2) is 6.83. The van der Waals surface area contributed by atoms with Crippen LogP contribution in [0.25, 0.3) is 0 Å². The van der Waals surface area contributed by atoms with E-state index in [1.54, 1.807) is 0 Å². The van der Waals surface area contributed by atoms with Crippen LogP contribution in [0.1, 0.15) is 29.7 Å². The Labute approximate surface area is 123 Å². The van der Waals surface area contributed by atoms with Crippen molar-refractivity contribution in [2.45, 2.75) is 26.3 Å². The lowest BCUT2D eigenvalue weighted by Gasteiger charge is -2.19. The summed E-state index contributed by atoms with van der Waals surface area (Å²) in [6.45, 7) is 5.22. The van der Waals surface area contributed by atoms with Gasteiger partial charge in [-0.3, -0.25) is 4.98 Å². The third-order valence-electron chi connectivity index (χ3n) is 3.08. The molecule has 0 amide bonds. The van der Waals surface area contributed by atoms with Crippen LogP contribution in [0, 0.1) is 6.92 Å². The third-order valence-corrected chi connectivity index (χ3v) is 3.54. The number of pyridine rings is 1. The first kappa shape index (κ1) is 14.2. The molecule has 2 aromatic rings. The van der Waals surface area contributed by atoms with Crippen LogP contribution in [-0.4, -0.2) is 11.5 Å². The number of likely N-dealkylation sites (N-methyl/N-ethyl adjacent to an activating group) is 1. The zero-order chi connectivity index (χ0) is 13.7. The minimum atomic E-state index is 0.324. The van der Waals surface area contributed by atoms with Crippen LogP contribution in [0.2, 0.25) is 0 Å². The van der Waals surface area contributed by atoms with E-state index in [0.717, 1.165) is 17.4 Å². The van der Waals surface area contributed by atoms with Crippen LogP contribution in [0.3, 0.4) is 0 Å². The molecule has 1 aromatic heterocycles. The Morgan fingerprint density at radius 3 is 2.79 bits per heavy atom. The molecule has 0 fully saturated rings. The van der Waals surface area contributed by atoms with Crippen LogP contribution in [0.5, 0.6) is 0 Å². The van der Waals surface area contributed by atoms with Gasteiger partial charge >= 0.3 is 0 Å². The number of halogens is 1. The van der Waals surface area contributed by atoms with E-state index in [4.69, 9.17) is 0 Å². The Morgan fingerprint density at radius 1 is 1.32 bits per heavy atom. The summed E-state index contributed by atoms with van der Waals surface area (Å²) in [6.07, 6.45) is 4.71. The molecule has 19 heavy (non-hydrogen) atoms. The van der Waals surface area contributed by atoms with E-state index in [1.807, 2.05) is 18.5 Å². The smallest absolute Gasteiger partial charge is 0.0361 e. The highest BCUT2D eigenvalue weighted by Gasteiger charge is 2.12. The quantitative estimate of drug-likeness (QED) is 0.899. The van der Waals surface area contributed by atoms with Gasteiger partial charge in [0.05, 0.1) is 0 Å². The Balaban J connectivity index is 2.24. The molecule has 2 nitrogen and oxygen atoms in total. The molecule has 0 saturated carbocycles. The molecule has 100 valence electrons. The van der Waals surface area contributed by atoms with Gasteiger partial charge in [0, 0.05) is 22.9 Å². The summed E-state index contributed by atoms with van der Waals surface area (Å²) in [4.78, 5) is 4.19. The summed E-state index contributed by atoms with van der Waals surface area (Å²) in [7, 11) is 0. The average Bonchev–Trinajstić information content (AvgIpc) is 2.38. The van der Waals surface area contributed by atoms with Crippen molar-refractivity contribution >= 4 is 15.9 Å². The van der Waals surface area contributed by atoms with Crippen LogP contribution < -0.4 is 5.32 Å². The van der Waals surface area contributed by atoms with Crippen molar-refractivity contribution in [3.63, 3.8) is 0 Å². The molecular weight excluding hydrogens is 300 g/mol. The van der Waals surface area contributed by atoms with E-state index >= 15 is 0 Å². The first-order chi connectivity index (χ1) is 9.19. The minimum absolute atomic E-state index is 0.324. The molecular formula is C16H19BrN2. The molecule has 2 rings (SSSR count). The topological polar surface area (TPSA) is 24.9 Å². The molecule has 1 heterocycles. The molecule has 0 aliphatic carbocycles. The number of rotatable bonds is 5. The van der Waals surface area contributed by atoms with Gasteiger partial charge in [-0.1, -0.05) is 35.0 Å². The summed E-state index contributed by atoms with van der Waals surface area (Å²) < 4.78 is 1.14. The third kappa shape index (κ3) is 4.15. The molecule has 1 unspecified atom stereocenters. The second-order valence-electron chi connectivity index (χ2n) is 4.74. The van der Waals surface area contributed by atoms with Gasteiger partial charge < -0.3 is 5.32 Å². The van der Waals surface area contributed by atoms with Crippen molar-refractivity contribution < 1.29 is 0 Å². The molecule has 0 aliphatic rings. The Hall–Kier alpha value is -1.19. The fraction of sp³-hybridized carbons (Fsp3) is 0.312. The standard InChI is InChI=1S/C16H19BrN2/c1-3-19-16(9-13-5-4-6-18-11-13)14-7-12(2)8-15(17)10-14/h4-8,10-11,16,19H,3,9H2,1-2H3. The normalized spacial score (nSPS) is 12.4. The van der Waals surface area contributed by atoms with Crippen molar-refractivity contribution in [2.75, 3.05) is 6.54 Å². The molecule has 0 spiro atoms. The van der Waals surface area contributed by atoms with Crippen LogP contribution in [0.15, 0.2) is 47.2 Å². The van der Waals surface area contributed by atoms with E-state index in [0.29, 0.717) is 6.04 Å². The molecule has 3 heteroatoms. The maximum Gasteiger partial charge on any atom is 0.0361 e. The highest BCUT2D eigenvalue weighted by atomic mass is 79.9. The predicted octanol–water partition coefficient (Wildman–Crippen LogP) is 4.05. The first-order valence-corrected chi connectivity index (χ1v) is 7.37. The predicted molar refractivity (Wildman–Crippen MR) is 83.2 cm³/mol. The highest BCUT2D eigenvalue weighted by Crippen LogP contribution is 2.23. The van der Waals surface area contributed by atoms with E-state index in [-0.39, 0.29) is 0 Å². The first-order valence-electron chi connectivity index (χ1n) is 6.58. The van der Waals surface area contributed by atoms with Gasteiger partial charge in [0.15, 0.2) is 0 Å². The maximum absolute atomic E-state index is 4.19. The fourth-order valence-corrected chi connectivity index (χ4v) is 2.90. The number of aryl methyl sites for hydroxylation is 1. The maximum atomic E-state index is 4.19. The van der Waals surface area contributed by atoms with Crippen LogP contribution in [0.4, 0.5) is 0 Å². The molecule has 0 bridgehead atoms. The van der Waals surface area contributed by atoms with Gasteiger partial charge in [-0.05, 0) is 54.8 Å². The number of benzene rings is 1. The summed E-state index contributed by atoms with van der Waals surface area (Å²) in [5.74, 6) is 0. The van der Waals surface area contributed by atoms with Crippen molar-refractivity contribution in [1.29, 1.82) is 0 Å². The SMILES string of the molecule is CCNC(Cc1cccnc1)c1cc(C)cc(Br)c1. The number of aromatic nitrogens is 1. The second-order valence-corrected chi connectivity index (χ2v) is 5.65. The molecule has 1 aromatic carbocycles. The fourth-order valence-electron chi connectivity index (χ4n) is 2.27. The van der Waals surface area contributed by atoms with E-state index < -0.39 is 0 Å². The zero-order valence-electron chi connectivity index (χ0n) is 11.4. The average molecular weight is 319 g/mol. The van der Waals surface area contributed by atoms with Gasteiger partial charge in [-0.15, -0.1) is 0 Å². The van der Waals surface area contributed by atoms with Crippen molar-refractivity contribution in [2.24, 2.45) is 0 Å². The van der Waals surface area contributed by atoms with Crippen molar-refractivity contribution in [3.8, 4) is 0 Å². The number of hydrogen-bond acceptors (Lipinski definition) is 2. The van der Waals surface area contributed by atoms with E-state index in [9.17, 15) is 0 Å². The van der Waals surface area contributed by atoms with Gasteiger partial charge in [0.2, 0.25) is 0 Å². The van der Waals surface area contributed by atoms with Crippen LogP contribution in [-0.2, 0) is 6.42 Å². The van der Waals surface area contributed by atoms with Crippen LogP contribution >= 0.6 is 15.9 Å². The van der Waals surface area contributed by atoms with E-state index in [1.165, 1.54) is 16.7 Å². The Kier molecular flexibility index (Phi) is 5.11. The summed E-state index contributed by atoms with van der Waals surface area (Å²) >= 11 is 3.58. The van der Waals surface area contributed by atoms with Gasteiger partial charge in [0.1, 0.15) is 0 Å². The molecule has 0 aliphatic heterocycles. The van der Waals surface area contributed by atoms with Gasteiger partial charge in [-0.25, -0.2) is 0 Å². The largest absolute Gasteiger partial charge is 0.310 e. The lowest BCUT2D eigenvalue weighted by Crippen LogP contribution is -2.23. The van der Waals surface area contributed by atoms with Crippen molar-refractivity contribution in [1.82, 2.24) is 10.3 Å². The Bertz CT molecular complexity index is 505. The number of hydrogen-bond donors (Lipinski definition) is 1. The summed E-state index contributed by atoms with van der Waals surface area (Å²) in [5, 5.41) is 3.55. The molecule has 1 N–H and O–H groups in total. The van der Waals surface area contributed by atoms with Gasteiger partial charge in [0.25, 0.3) is 0 Å². The summed E-state index contributed by atoms with van der Waals surface area (Å²) in [6, 6.07) is 11.0.